The second-order valence-electron chi connectivity index (χ2n) is 3.06. The summed E-state index contributed by atoms with van der Waals surface area (Å²) in [5, 5.41) is 0. The minimum absolute atomic E-state index is 0.902. The van der Waals surface area contributed by atoms with Crippen LogP contribution in [-0.2, 0) is 4.74 Å². The molecule has 2 aliphatic carbocycles. The first kappa shape index (κ1) is 3.54. The van der Waals surface area contributed by atoms with Gasteiger partial charge in [-0.3, -0.25) is 0 Å². The van der Waals surface area contributed by atoms with Crippen LogP contribution in [0.1, 0.15) is 12.8 Å². The maximum Gasteiger partial charge on any atom is 0.112 e. The summed E-state index contributed by atoms with van der Waals surface area (Å²) in [5.41, 5.74) is 1.63. The Morgan fingerprint density at radius 3 is 2.88 bits per heavy atom. The van der Waals surface area contributed by atoms with Crippen LogP contribution in [-0.4, -0.2) is 6.61 Å². The number of allylic oxidation sites excluding steroid dienone is 1. The van der Waals surface area contributed by atoms with Crippen LogP contribution in [0.25, 0.3) is 0 Å². The minimum Gasteiger partial charge on any atom is -0.493 e. The predicted octanol–water partition coefficient (Wildman–Crippen LogP) is 1.31. The van der Waals surface area contributed by atoms with E-state index in [0.29, 0.717) is 0 Å². The van der Waals surface area contributed by atoms with Crippen LogP contribution in [0, 0.1) is 11.8 Å². The Bertz CT molecular complexity index is 181. The summed E-state index contributed by atoms with van der Waals surface area (Å²) >= 11 is 0. The molecular formula is C7H8O. The largest absolute Gasteiger partial charge is 0.493 e. The molecule has 1 aliphatic heterocycles. The highest BCUT2D eigenvalue weighted by molar-refractivity contribution is 5.32. The van der Waals surface area contributed by atoms with Crippen molar-refractivity contribution in [1.82, 2.24) is 0 Å². The summed E-state index contributed by atoms with van der Waals surface area (Å²) in [6.07, 6.45) is 2.80. The third-order valence-electron chi connectivity index (χ3n) is 2.52. The molecule has 3 aliphatic rings. The Hall–Kier alpha value is -0.460. The molecule has 1 nitrogen and oxygen atoms in total. The zero-order valence-electron chi connectivity index (χ0n) is 4.68. The molecule has 0 radical (unpaired) electrons. The smallest absolute Gasteiger partial charge is 0.112 e. The molecule has 42 valence electrons. The zero-order valence-corrected chi connectivity index (χ0v) is 4.68. The van der Waals surface area contributed by atoms with E-state index in [1.165, 1.54) is 18.6 Å². The average Bonchev–Trinajstić information content (AvgIpc) is 2.34. The summed E-state index contributed by atoms with van der Waals surface area (Å²) < 4.78 is 5.29. The molecule has 0 aromatic heterocycles. The number of hydrogen-bond acceptors (Lipinski definition) is 1. The molecule has 1 heterocycles. The standard InChI is InChI=1S/C7H8O/c1-4-2-6(4)7-5(1)3-8-7/h4,6H,1-3H2. The summed E-state index contributed by atoms with van der Waals surface area (Å²) in [4.78, 5) is 0. The molecule has 1 saturated carbocycles. The quantitative estimate of drug-likeness (QED) is 0.454. The Kier molecular flexibility index (Phi) is 0.368. The minimum atomic E-state index is 0.902. The first-order valence-electron chi connectivity index (χ1n) is 3.30. The fourth-order valence-corrected chi connectivity index (χ4v) is 1.90. The Labute approximate surface area is 48.3 Å². The molecule has 0 saturated heterocycles. The van der Waals surface area contributed by atoms with E-state index in [2.05, 4.69) is 0 Å². The molecule has 0 spiro atoms. The molecule has 0 N–H and O–H groups in total. The molecule has 2 atom stereocenters. The van der Waals surface area contributed by atoms with Crippen molar-refractivity contribution in [1.29, 1.82) is 0 Å². The van der Waals surface area contributed by atoms with Gasteiger partial charge in [0, 0.05) is 11.5 Å². The van der Waals surface area contributed by atoms with Crippen LogP contribution in [0.5, 0.6) is 0 Å². The summed E-state index contributed by atoms with van der Waals surface area (Å²) in [6, 6.07) is 0. The van der Waals surface area contributed by atoms with Gasteiger partial charge in [0.05, 0.1) is 0 Å². The van der Waals surface area contributed by atoms with Gasteiger partial charge in [-0.25, -0.2) is 0 Å². The second kappa shape index (κ2) is 0.831. The molecule has 0 aromatic carbocycles. The monoisotopic (exact) mass is 108 g/mol. The van der Waals surface area contributed by atoms with Gasteiger partial charge in [0.1, 0.15) is 12.4 Å². The van der Waals surface area contributed by atoms with Crippen molar-refractivity contribution in [2.45, 2.75) is 12.8 Å². The Morgan fingerprint density at radius 1 is 1.50 bits per heavy atom. The molecule has 8 heavy (non-hydrogen) atoms. The van der Waals surface area contributed by atoms with Crippen molar-refractivity contribution >= 4 is 0 Å². The number of rotatable bonds is 0. The number of fused-ring (bicyclic) bond motifs is 2. The van der Waals surface area contributed by atoms with Crippen LogP contribution in [0.4, 0.5) is 0 Å². The van der Waals surface area contributed by atoms with E-state index < -0.39 is 0 Å². The van der Waals surface area contributed by atoms with E-state index in [0.717, 1.165) is 18.4 Å². The average molecular weight is 108 g/mol. The fourth-order valence-electron chi connectivity index (χ4n) is 1.90. The van der Waals surface area contributed by atoms with Crippen molar-refractivity contribution in [3.8, 4) is 0 Å². The van der Waals surface area contributed by atoms with Crippen LogP contribution < -0.4 is 0 Å². The van der Waals surface area contributed by atoms with Crippen LogP contribution >= 0.6 is 0 Å². The molecule has 0 aromatic rings. The lowest BCUT2D eigenvalue weighted by molar-refractivity contribution is 0.168. The lowest BCUT2D eigenvalue weighted by atomic mass is 10.1. The highest BCUT2D eigenvalue weighted by Crippen LogP contribution is 2.58. The van der Waals surface area contributed by atoms with Gasteiger partial charge in [0.25, 0.3) is 0 Å². The van der Waals surface area contributed by atoms with Gasteiger partial charge in [0.15, 0.2) is 0 Å². The predicted molar refractivity (Wildman–Crippen MR) is 29.2 cm³/mol. The SMILES string of the molecule is C1OC2=C1CC1CC21. The Morgan fingerprint density at radius 2 is 2.50 bits per heavy atom. The van der Waals surface area contributed by atoms with Crippen molar-refractivity contribution in [2.24, 2.45) is 11.8 Å². The van der Waals surface area contributed by atoms with Gasteiger partial charge >= 0.3 is 0 Å². The lowest BCUT2D eigenvalue weighted by Crippen LogP contribution is -2.11. The molecule has 1 heteroatoms. The van der Waals surface area contributed by atoms with E-state index in [1.54, 1.807) is 5.57 Å². The highest BCUT2D eigenvalue weighted by Gasteiger charge is 2.51. The van der Waals surface area contributed by atoms with Gasteiger partial charge in [-0.2, -0.15) is 0 Å². The van der Waals surface area contributed by atoms with Crippen LogP contribution in [0.3, 0.4) is 0 Å². The molecule has 0 bridgehead atoms. The summed E-state index contributed by atoms with van der Waals surface area (Å²) in [6.45, 7) is 0.961. The van der Waals surface area contributed by atoms with Crippen molar-refractivity contribution in [2.75, 3.05) is 6.61 Å². The highest BCUT2D eigenvalue weighted by atomic mass is 16.5. The third kappa shape index (κ3) is 0.225. The maximum atomic E-state index is 5.29. The van der Waals surface area contributed by atoms with E-state index in [1.807, 2.05) is 0 Å². The topological polar surface area (TPSA) is 9.23 Å². The third-order valence-corrected chi connectivity index (χ3v) is 2.52. The van der Waals surface area contributed by atoms with Gasteiger partial charge in [0.2, 0.25) is 0 Å². The van der Waals surface area contributed by atoms with E-state index in [9.17, 15) is 0 Å². The van der Waals surface area contributed by atoms with Gasteiger partial charge in [-0.15, -0.1) is 0 Å². The van der Waals surface area contributed by atoms with Gasteiger partial charge < -0.3 is 4.74 Å². The van der Waals surface area contributed by atoms with Crippen molar-refractivity contribution < 1.29 is 4.74 Å². The van der Waals surface area contributed by atoms with Gasteiger partial charge in [-0.1, -0.05) is 0 Å². The lowest BCUT2D eigenvalue weighted by Gasteiger charge is -2.20. The molecule has 0 amide bonds. The van der Waals surface area contributed by atoms with Crippen LogP contribution in [0.15, 0.2) is 11.3 Å². The normalized spacial score (nSPS) is 47.0. The summed E-state index contributed by atoms with van der Waals surface area (Å²) in [7, 11) is 0. The molecular weight excluding hydrogens is 100 g/mol. The summed E-state index contributed by atoms with van der Waals surface area (Å²) in [5.74, 6) is 3.32. The van der Waals surface area contributed by atoms with Gasteiger partial charge in [-0.05, 0) is 18.8 Å². The zero-order chi connectivity index (χ0) is 5.14. The molecule has 2 unspecified atom stereocenters. The van der Waals surface area contributed by atoms with E-state index in [-0.39, 0.29) is 0 Å². The fraction of sp³-hybridized carbons (Fsp3) is 0.714. The second-order valence-corrected chi connectivity index (χ2v) is 3.06. The maximum absolute atomic E-state index is 5.29. The first-order chi connectivity index (χ1) is 3.95. The molecule has 1 fully saturated rings. The number of hydrogen-bond donors (Lipinski definition) is 0. The number of ether oxygens (including phenoxy) is 1. The van der Waals surface area contributed by atoms with E-state index in [4.69, 9.17) is 4.74 Å². The van der Waals surface area contributed by atoms with Crippen LogP contribution in [0.2, 0.25) is 0 Å². The molecule has 3 rings (SSSR count). The Balaban J connectivity index is 2.11. The first-order valence-corrected chi connectivity index (χ1v) is 3.30. The van der Waals surface area contributed by atoms with Crippen molar-refractivity contribution in [3.63, 3.8) is 0 Å². The van der Waals surface area contributed by atoms with Crippen molar-refractivity contribution in [3.05, 3.63) is 11.3 Å². The van der Waals surface area contributed by atoms with E-state index >= 15 is 0 Å².